The van der Waals surface area contributed by atoms with Crippen LogP contribution in [0.15, 0.2) is 58.1 Å². The zero-order chi connectivity index (χ0) is 20.7. The number of hydrogen-bond acceptors (Lipinski definition) is 5. The van der Waals surface area contributed by atoms with Crippen molar-refractivity contribution < 1.29 is 17.9 Å². The van der Waals surface area contributed by atoms with Crippen LogP contribution in [0.4, 0.5) is 5.69 Å². The van der Waals surface area contributed by atoms with E-state index in [0.29, 0.717) is 22.5 Å². The molecule has 9 heteroatoms. The molecule has 0 aliphatic rings. The van der Waals surface area contributed by atoms with Crippen LogP contribution >= 0.6 is 15.9 Å². The molecule has 0 radical (unpaired) electrons. The lowest BCUT2D eigenvalue weighted by molar-refractivity contribution is -0.119. The average Bonchev–Trinajstić information content (AvgIpc) is 2.64. The van der Waals surface area contributed by atoms with Gasteiger partial charge in [-0.2, -0.15) is 5.10 Å². The molecule has 28 heavy (non-hydrogen) atoms. The van der Waals surface area contributed by atoms with Crippen LogP contribution in [0.3, 0.4) is 0 Å². The monoisotopic (exact) mass is 467 g/mol. The summed E-state index contributed by atoms with van der Waals surface area (Å²) in [7, 11) is -3.64. The van der Waals surface area contributed by atoms with Crippen LogP contribution in [0.5, 0.6) is 5.75 Å². The first kappa shape index (κ1) is 21.9. The number of carbonyl (C=O) groups is 1. The summed E-state index contributed by atoms with van der Waals surface area (Å²) in [4.78, 5) is 12.3. The standard InChI is InChI=1S/C19H22BrN3O4S/c1-4-27-18-10-8-15(9-11-18)14(2)21-22-19(24)13-23(28(3,25)26)17-7-5-6-16(20)12-17/h5-12H,4,13H2,1-3H3,(H,22,24)/b21-14+. The van der Waals surface area contributed by atoms with E-state index >= 15 is 0 Å². The highest BCUT2D eigenvalue weighted by molar-refractivity contribution is 9.10. The number of nitrogens with zero attached hydrogens (tertiary/aromatic N) is 2. The molecule has 0 bridgehead atoms. The summed E-state index contributed by atoms with van der Waals surface area (Å²) in [5.41, 5.74) is 4.20. The van der Waals surface area contributed by atoms with E-state index in [0.717, 1.165) is 21.9 Å². The summed E-state index contributed by atoms with van der Waals surface area (Å²) in [6, 6.07) is 14.0. The zero-order valence-corrected chi connectivity index (χ0v) is 18.2. The Morgan fingerprint density at radius 2 is 1.89 bits per heavy atom. The maximum absolute atomic E-state index is 12.3. The fourth-order valence-electron chi connectivity index (χ4n) is 2.37. The Hall–Kier alpha value is -2.39. The van der Waals surface area contributed by atoms with E-state index in [-0.39, 0.29) is 6.54 Å². The number of hydrogen-bond donors (Lipinski definition) is 1. The number of halogens is 1. The number of carbonyl (C=O) groups excluding carboxylic acids is 1. The van der Waals surface area contributed by atoms with E-state index in [4.69, 9.17) is 4.74 Å². The molecule has 0 heterocycles. The third-order valence-corrected chi connectivity index (χ3v) is 5.35. The summed E-state index contributed by atoms with van der Waals surface area (Å²) >= 11 is 3.30. The largest absolute Gasteiger partial charge is 0.494 e. The van der Waals surface area contributed by atoms with Gasteiger partial charge in [-0.15, -0.1) is 0 Å². The normalized spacial score (nSPS) is 11.8. The van der Waals surface area contributed by atoms with Crippen LogP contribution in [0.1, 0.15) is 19.4 Å². The number of hydrazone groups is 1. The Balaban J connectivity index is 2.09. The number of nitrogens with one attached hydrogen (secondary N) is 1. The highest BCUT2D eigenvalue weighted by Gasteiger charge is 2.21. The molecule has 0 saturated carbocycles. The van der Waals surface area contributed by atoms with Gasteiger partial charge in [-0.25, -0.2) is 13.8 Å². The molecule has 0 atom stereocenters. The van der Waals surface area contributed by atoms with E-state index in [1.165, 1.54) is 0 Å². The van der Waals surface area contributed by atoms with Crippen molar-refractivity contribution in [3.63, 3.8) is 0 Å². The van der Waals surface area contributed by atoms with E-state index in [1.54, 1.807) is 31.2 Å². The minimum Gasteiger partial charge on any atom is -0.494 e. The van der Waals surface area contributed by atoms with Crippen LogP contribution < -0.4 is 14.5 Å². The summed E-state index contributed by atoms with van der Waals surface area (Å²) in [5, 5.41) is 4.06. The van der Waals surface area contributed by atoms with Gasteiger partial charge in [0.05, 0.1) is 24.3 Å². The minimum atomic E-state index is -3.64. The Morgan fingerprint density at radius 1 is 1.21 bits per heavy atom. The quantitative estimate of drug-likeness (QED) is 0.476. The summed E-state index contributed by atoms with van der Waals surface area (Å²) in [6.45, 7) is 3.86. The highest BCUT2D eigenvalue weighted by Crippen LogP contribution is 2.21. The second-order valence-corrected chi connectivity index (χ2v) is 8.76. The first-order valence-corrected chi connectivity index (χ1v) is 11.1. The number of ether oxygens (including phenoxy) is 1. The van der Waals surface area contributed by atoms with Crippen molar-refractivity contribution >= 4 is 43.3 Å². The lowest BCUT2D eigenvalue weighted by Crippen LogP contribution is -2.39. The van der Waals surface area contributed by atoms with Gasteiger partial charge in [0.15, 0.2) is 0 Å². The second kappa shape index (κ2) is 9.70. The fourth-order valence-corrected chi connectivity index (χ4v) is 3.60. The third kappa shape index (κ3) is 6.35. The van der Waals surface area contributed by atoms with E-state index < -0.39 is 15.9 Å². The molecule has 7 nitrogen and oxygen atoms in total. The molecule has 2 rings (SSSR count). The first-order valence-electron chi connectivity index (χ1n) is 8.50. The van der Waals surface area contributed by atoms with Gasteiger partial charge in [0.25, 0.3) is 5.91 Å². The van der Waals surface area contributed by atoms with Crippen LogP contribution in [-0.4, -0.2) is 39.4 Å². The van der Waals surface area contributed by atoms with Gasteiger partial charge in [-0.1, -0.05) is 22.0 Å². The predicted molar refractivity (Wildman–Crippen MR) is 114 cm³/mol. The minimum absolute atomic E-state index is 0.380. The Bertz CT molecular complexity index is 959. The Morgan fingerprint density at radius 3 is 2.46 bits per heavy atom. The molecule has 1 amide bonds. The molecule has 0 aliphatic heterocycles. The fraction of sp³-hybridized carbons (Fsp3) is 0.263. The van der Waals surface area contributed by atoms with Crippen molar-refractivity contribution in [2.75, 3.05) is 23.7 Å². The number of benzene rings is 2. The number of anilines is 1. The molecule has 0 fully saturated rings. The van der Waals surface area contributed by atoms with E-state index in [2.05, 4.69) is 26.5 Å². The molecule has 150 valence electrons. The van der Waals surface area contributed by atoms with E-state index in [9.17, 15) is 13.2 Å². The van der Waals surface area contributed by atoms with Crippen molar-refractivity contribution in [3.8, 4) is 5.75 Å². The summed E-state index contributed by atoms with van der Waals surface area (Å²) in [6.07, 6.45) is 1.05. The Labute approximate surface area is 173 Å². The Kier molecular flexibility index (Phi) is 7.59. The third-order valence-electron chi connectivity index (χ3n) is 3.72. The molecule has 2 aromatic rings. The number of sulfonamides is 1. The van der Waals surface area contributed by atoms with E-state index in [1.807, 2.05) is 31.2 Å². The van der Waals surface area contributed by atoms with Crippen LogP contribution in [0, 0.1) is 0 Å². The molecule has 0 spiro atoms. The molecule has 2 aromatic carbocycles. The van der Waals surface area contributed by atoms with Gasteiger partial charge in [-0.05, 0) is 61.9 Å². The molecular weight excluding hydrogens is 446 g/mol. The lowest BCUT2D eigenvalue weighted by atomic mass is 10.1. The van der Waals surface area contributed by atoms with Gasteiger partial charge >= 0.3 is 0 Å². The second-order valence-electron chi connectivity index (χ2n) is 5.94. The lowest BCUT2D eigenvalue weighted by Gasteiger charge is -2.21. The molecular formula is C19H22BrN3O4S. The van der Waals surface area contributed by atoms with Gasteiger partial charge in [0.1, 0.15) is 12.3 Å². The number of rotatable bonds is 8. The van der Waals surface area contributed by atoms with Crippen LogP contribution in [0.2, 0.25) is 0 Å². The van der Waals surface area contributed by atoms with Gasteiger partial charge < -0.3 is 4.74 Å². The maximum atomic E-state index is 12.3. The van der Waals surface area contributed by atoms with Crippen LogP contribution in [-0.2, 0) is 14.8 Å². The number of amides is 1. The van der Waals surface area contributed by atoms with Gasteiger partial charge in [0, 0.05) is 4.47 Å². The molecule has 0 saturated heterocycles. The predicted octanol–water partition coefficient (Wildman–Crippen LogP) is 3.15. The van der Waals surface area contributed by atoms with Crippen molar-refractivity contribution in [1.82, 2.24) is 5.43 Å². The summed E-state index contributed by atoms with van der Waals surface area (Å²) < 4.78 is 31.3. The van der Waals surface area contributed by atoms with Crippen molar-refractivity contribution in [3.05, 3.63) is 58.6 Å². The molecule has 0 unspecified atom stereocenters. The summed E-state index contributed by atoms with van der Waals surface area (Å²) in [5.74, 6) is 0.205. The average molecular weight is 468 g/mol. The smallest absolute Gasteiger partial charge is 0.260 e. The van der Waals surface area contributed by atoms with Gasteiger partial charge in [0.2, 0.25) is 10.0 Å². The van der Waals surface area contributed by atoms with Crippen LogP contribution in [0.25, 0.3) is 0 Å². The van der Waals surface area contributed by atoms with Gasteiger partial charge in [-0.3, -0.25) is 9.10 Å². The van der Waals surface area contributed by atoms with Crippen molar-refractivity contribution in [1.29, 1.82) is 0 Å². The highest BCUT2D eigenvalue weighted by atomic mass is 79.9. The topological polar surface area (TPSA) is 88.1 Å². The van der Waals surface area contributed by atoms with Crippen molar-refractivity contribution in [2.24, 2.45) is 5.10 Å². The molecule has 0 aliphatic carbocycles. The SMILES string of the molecule is CCOc1ccc(/C(C)=N/NC(=O)CN(c2cccc(Br)c2)S(C)(=O)=O)cc1. The molecule has 0 aromatic heterocycles. The van der Waals surface area contributed by atoms with Crippen molar-refractivity contribution in [2.45, 2.75) is 13.8 Å². The zero-order valence-electron chi connectivity index (χ0n) is 15.8. The first-order chi connectivity index (χ1) is 13.2. The molecule has 1 N–H and O–H groups in total. The maximum Gasteiger partial charge on any atom is 0.260 e.